The minimum absolute atomic E-state index is 0.270. The zero-order valence-corrected chi connectivity index (χ0v) is 11.8. The van der Waals surface area contributed by atoms with E-state index in [1.165, 1.54) is 18.2 Å². The van der Waals surface area contributed by atoms with Gasteiger partial charge in [-0.15, -0.1) is 0 Å². The Morgan fingerprint density at radius 1 is 1.05 bits per heavy atom. The summed E-state index contributed by atoms with van der Waals surface area (Å²) >= 11 is 0. The maximum atomic E-state index is 13.1. The van der Waals surface area contributed by atoms with E-state index in [2.05, 4.69) is 5.32 Å². The van der Waals surface area contributed by atoms with Crippen LogP contribution in [0.3, 0.4) is 0 Å². The maximum absolute atomic E-state index is 13.1. The van der Waals surface area contributed by atoms with Crippen LogP contribution in [0.1, 0.15) is 27.0 Å². The number of nitrogens with one attached hydrogen (secondary N) is 1. The smallest absolute Gasteiger partial charge is 0.255 e. The van der Waals surface area contributed by atoms with Crippen LogP contribution >= 0.6 is 0 Å². The fraction of sp³-hybridized carbons (Fsp3) is 0.188. The van der Waals surface area contributed by atoms with Gasteiger partial charge in [-0.25, -0.2) is 4.39 Å². The number of halogens is 1. The third-order valence-electron chi connectivity index (χ3n) is 3.29. The molecule has 0 aromatic heterocycles. The van der Waals surface area contributed by atoms with Gasteiger partial charge >= 0.3 is 0 Å². The molecule has 0 fully saturated rings. The van der Waals surface area contributed by atoms with E-state index < -0.39 is 0 Å². The molecule has 0 saturated heterocycles. The molecule has 1 amide bonds. The van der Waals surface area contributed by atoms with Crippen LogP contribution in [0, 0.1) is 26.6 Å². The van der Waals surface area contributed by atoms with Crippen molar-refractivity contribution in [2.45, 2.75) is 20.8 Å². The third-order valence-corrected chi connectivity index (χ3v) is 3.29. The van der Waals surface area contributed by atoms with Crippen LogP contribution < -0.4 is 11.1 Å². The lowest BCUT2D eigenvalue weighted by molar-refractivity contribution is 0.102. The van der Waals surface area contributed by atoms with Crippen molar-refractivity contribution in [2.24, 2.45) is 0 Å². The Balaban J connectivity index is 2.30. The van der Waals surface area contributed by atoms with Crippen LogP contribution in [0.4, 0.5) is 15.8 Å². The predicted octanol–water partition coefficient (Wildman–Crippen LogP) is 3.59. The number of aryl methyl sites for hydroxylation is 3. The van der Waals surface area contributed by atoms with Crippen molar-refractivity contribution in [2.75, 3.05) is 11.1 Å². The fourth-order valence-electron chi connectivity index (χ4n) is 2.08. The first-order chi connectivity index (χ1) is 9.38. The van der Waals surface area contributed by atoms with Crippen molar-refractivity contribution in [1.82, 2.24) is 0 Å². The topological polar surface area (TPSA) is 55.1 Å². The minimum atomic E-state index is -0.352. The van der Waals surface area contributed by atoms with Crippen LogP contribution in [-0.4, -0.2) is 5.91 Å². The Kier molecular flexibility index (Phi) is 3.74. The Morgan fingerprint density at radius 3 is 2.40 bits per heavy atom. The molecule has 2 aromatic carbocycles. The van der Waals surface area contributed by atoms with Gasteiger partial charge in [-0.1, -0.05) is 6.07 Å². The summed E-state index contributed by atoms with van der Waals surface area (Å²) in [5.41, 5.74) is 10.1. The van der Waals surface area contributed by atoms with E-state index in [0.29, 0.717) is 22.5 Å². The van der Waals surface area contributed by atoms with Crippen molar-refractivity contribution < 1.29 is 9.18 Å². The first-order valence-corrected chi connectivity index (χ1v) is 6.32. The number of nitrogens with two attached hydrogens (primary N) is 1. The lowest BCUT2D eigenvalue weighted by Gasteiger charge is -2.12. The quantitative estimate of drug-likeness (QED) is 0.821. The zero-order valence-electron chi connectivity index (χ0n) is 11.8. The summed E-state index contributed by atoms with van der Waals surface area (Å²) < 4.78 is 13.1. The molecule has 3 N–H and O–H groups in total. The van der Waals surface area contributed by atoms with Crippen molar-refractivity contribution in [3.05, 3.63) is 58.4 Å². The van der Waals surface area contributed by atoms with E-state index in [1.807, 2.05) is 19.9 Å². The first kappa shape index (κ1) is 14.1. The van der Waals surface area contributed by atoms with E-state index in [0.717, 1.165) is 11.1 Å². The van der Waals surface area contributed by atoms with E-state index in [-0.39, 0.29) is 11.7 Å². The van der Waals surface area contributed by atoms with Crippen LogP contribution in [0.5, 0.6) is 0 Å². The summed E-state index contributed by atoms with van der Waals surface area (Å²) in [4.78, 5) is 12.2. The molecule has 0 aliphatic rings. The Morgan fingerprint density at radius 2 is 1.75 bits per heavy atom. The summed E-state index contributed by atoms with van der Waals surface area (Å²) in [6, 6.07) is 7.75. The van der Waals surface area contributed by atoms with Crippen LogP contribution in [0.15, 0.2) is 30.3 Å². The van der Waals surface area contributed by atoms with Crippen molar-refractivity contribution in [3.63, 3.8) is 0 Å². The first-order valence-electron chi connectivity index (χ1n) is 6.32. The van der Waals surface area contributed by atoms with Crippen LogP contribution in [0.25, 0.3) is 0 Å². The lowest BCUT2D eigenvalue weighted by atomic mass is 10.1. The molecule has 0 atom stereocenters. The largest absolute Gasteiger partial charge is 0.398 e. The summed E-state index contributed by atoms with van der Waals surface area (Å²) in [6.45, 7) is 5.52. The van der Waals surface area contributed by atoms with E-state index in [4.69, 9.17) is 5.73 Å². The second-order valence-corrected chi connectivity index (χ2v) is 4.94. The molecule has 2 aromatic rings. The maximum Gasteiger partial charge on any atom is 0.255 e. The Bertz CT molecular complexity index is 680. The van der Waals surface area contributed by atoms with Gasteiger partial charge in [-0.05, 0) is 61.7 Å². The molecule has 0 aliphatic carbocycles. The second kappa shape index (κ2) is 5.33. The number of amides is 1. The second-order valence-electron chi connectivity index (χ2n) is 4.94. The molecule has 0 saturated carbocycles. The number of benzene rings is 2. The fourth-order valence-corrected chi connectivity index (χ4v) is 2.08. The van der Waals surface area contributed by atoms with Crippen molar-refractivity contribution in [3.8, 4) is 0 Å². The summed E-state index contributed by atoms with van der Waals surface area (Å²) in [7, 11) is 0. The highest BCUT2D eigenvalue weighted by Gasteiger charge is 2.12. The summed E-state index contributed by atoms with van der Waals surface area (Å²) in [5, 5.41) is 2.81. The molecule has 3 nitrogen and oxygen atoms in total. The monoisotopic (exact) mass is 272 g/mol. The third kappa shape index (κ3) is 2.79. The molecule has 4 heteroatoms. The van der Waals surface area contributed by atoms with Crippen LogP contribution in [0.2, 0.25) is 0 Å². The molecular formula is C16H17FN2O. The van der Waals surface area contributed by atoms with Gasteiger partial charge in [0, 0.05) is 16.9 Å². The molecule has 20 heavy (non-hydrogen) atoms. The van der Waals surface area contributed by atoms with Gasteiger partial charge in [0.15, 0.2) is 0 Å². The van der Waals surface area contributed by atoms with Crippen molar-refractivity contribution in [1.29, 1.82) is 0 Å². The summed E-state index contributed by atoms with van der Waals surface area (Å²) in [5.74, 6) is -0.622. The highest BCUT2D eigenvalue weighted by atomic mass is 19.1. The molecule has 0 unspecified atom stereocenters. The zero-order chi connectivity index (χ0) is 14.9. The number of carbonyl (C=O) groups is 1. The summed E-state index contributed by atoms with van der Waals surface area (Å²) in [6.07, 6.45) is 0. The van der Waals surface area contributed by atoms with Gasteiger partial charge in [0.05, 0.1) is 0 Å². The number of hydrogen-bond donors (Lipinski definition) is 2. The normalized spacial score (nSPS) is 10.4. The van der Waals surface area contributed by atoms with Gasteiger partial charge in [-0.3, -0.25) is 4.79 Å². The molecule has 0 radical (unpaired) electrons. The van der Waals surface area contributed by atoms with Gasteiger partial charge in [0.25, 0.3) is 5.91 Å². The van der Waals surface area contributed by atoms with Gasteiger partial charge in [-0.2, -0.15) is 0 Å². The molecule has 0 bridgehead atoms. The molecular weight excluding hydrogens is 255 g/mol. The molecule has 0 heterocycles. The average molecular weight is 272 g/mol. The standard InChI is InChI=1S/C16H17FN2O/c1-9-7-12(17)4-5-13(9)16(20)19-15-8-14(18)10(2)6-11(15)3/h4-8H,18H2,1-3H3,(H,19,20). The van der Waals surface area contributed by atoms with Crippen molar-refractivity contribution >= 4 is 17.3 Å². The van der Waals surface area contributed by atoms with Gasteiger partial charge in [0.1, 0.15) is 5.82 Å². The van der Waals surface area contributed by atoms with E-state index in [1.54, 1.807) is 13.0 Å². The minimum Gasteiger partial charge on any atom is -0.398 e. The Labute approximate surface area is 117 Å². The number of nitrogen functional groups attached to an aromatic ring is 1. The number of hydrogen-bond acceptors (Lipinski definition) is 2. The predicted molar refractivity (Wildman–Crippen MR) is 79.4 cm³/mol. The highest BCUT2D eigenvalue weighted by Crippen LogP contribution is 2.23. The molecule has 104 valence electrons. The average Bonchev–Trinajstić information content (AvgIpc) is 2.35. The van der Waals surface area contributed by atoms with Gasteiger partial charge in [0.2, 0.25) is 0 Å². The van der Waals surface area contributed by atoms with Gasteiger partial charge < -0.3 is 11.1 Å². The molecule has 0 spiro atoms. The number of rotatable bonds is 2. The van der Waals surface area contributed by atoms with E-state index in [9.17, 15) is 9.18 Å². The van der Waals surface area contributed by atoms with E-state index >= 15 is 0 Å². The number of anilines is 2. The number of carbonyl (C=O) groups excluding carboxylic acids is 1. The lowest BCUT2D eigenvalue weighted by Crippen LogP contribution is -2.14. The SMILES string of the molecule is Cc1cc(C)c(NC(=O)c2ccc(F)cc2C)cc1N. The molecule has 2 rings (SSSR count). The Hall–Kier alpha value is -2.36. The molecule has 0 aliphatic heterocycles. The highest BCUT2D eigenvalue weighted by molar-refractivity contribution is 6.05. The van der Waals surface area contributed by atoms with Crippen LogP contribution in [-0.2, 0) is 0 Å².